The Morgan fingerprint density at radius 1 is 1.08 bits per heavy atom. The van der Waals surface area contributed by atoms with Crippen molar-refractivity contribution in [2.24, 2.45) is 0 Å². The maximum Gasteiger partial charge on any atom is 0.240 e. The number of aryl methyl sites for hydroxylation is 1. The van der Waals surface area contributed by atoms with Crippen molar-refractivity contribution in [3.05, 3.63) is 82.0 Å². The topological polar surface area (TPSA) is 50.4 Å². The quantitative estimate of drug-likeness (QED) is 0.652. The number of carbonyl (C=O) groups is 1. The minimum absolute atomic E-state index is 0.0742. The number of hydrogen-bond donors (Lipinski definition) is 2. The normalized spacial score (nSPS) is 11.6. The summed E-state index contributed by atoms with van der Waals surface area (Å²) in [4.78, 5) is 13.7. The van der Waals surface area contributed by atoms with Crippen molar-refractivity contribution in [2.75, 3.05) is 19.0 Å². The molecule has 0 bridgehead atoms. The number of para-hydroxylation sites is 2. The summed E-state index contributed by atoms with van der Waals surface area (Å²) in [6.45, 7) is 2.23. The van der Waals surface area contributed by atoms with Crippen molar-refractivity contribution in [1.29, 1.82) is 0 Å². The number of benzene rings is 2. The summed E-state index contributed by atoms with van der Waals surface area (Å²) >= 11 is 1.64. The fraction of sp³-hybridized carbons (Fsp3) is 0.190. The molecule has 2 aromatic carbocycles. The molecule has 5 heteroatoms. The number of rotatable bonds is 7. The molecule has 0 unspecified atom stereocenters. The molecule has 1 aromatic heterocycles. The molecule has 0 saturated carbocycles. The van der Waals surface area contributed by atoms with Gasteiger partial charge in [0.1, 0.15) is 5.75 Å². The summed E-state index contributed by atoms with van der Waals surface area (Å²) in [6.07, 6.45) is 0. The van der Waals surface area contributed by atoms with Crippen LogP contribution >= 0.6 is 11.3 Å². The van der Waals surface area contributed by atoms with Crippen molar-refractivity contribution in [1.82, 2.24) is 5.32 Å². The first-order chi connectivity index (χ1) is 12.7. The molecule has 0 radical (unpaired) electrons. The molecule has 4 nitrogen and oxygen atoms in total. The first-order valence-electron chi connectivity index (χ1n) is 8.43. The van der Waals surface area contributed by atoms with Crippen LogP contribution in [0.5, 0.6) is 5.75 Å². The van der Waals surface area contributed by atoms with E-state index in [1.165, 1.54) is 5.56 Å². The molecule has 1 amide bonds. The Morgan fingerprint density at radius 2 is 1.85 bits per heavy atom. The fourth-order valence-electron chi connectivity index (χ4n) is 2.71. The minimum Gasteiger partial charge on any atom is -0.495 e. The number of carbonyl (C=O) groups excluding carboxylic acids is 1. The SMILES string of the molecule is COc1ccccc1NCC(=O)N[C@@H](c1ccc(C)cc1)c1cccs1. The van der Waals surface area contributed by atoms with Crippen molar-refractivity contribution < 1.29 is 9.53 Å². The van der Waals surface area contributed by atoms with Gasteiger partial charge in [-0.05, 0) is 36.1 Å². The van der Waals surface area contributed by atoms with Gasteiger partial charge in [0.15, 0.2) is 0 Å². The zero-order chi connectivity index (χ0) is 18.4. The molecular weight excluding hydrogens is 344 g/mol. The number of methoxy groups -OCH3 is 1. The lowest BCUT2D eigenvalue weighted by Crippen LogP contribution is -2.33. The van der Waals surface area contributed by atoms with Crippen LogP contribution in [0.25, 0.3) is 0 Å². The van der Waals surface area contributed by atoms with Gasteiger partial charge in [-0.3, -0.25) is 4.79 Å². The van der Waals surface area contributed by atoms with E-state index in [2.05, 4.69) is 41.8 Å². The van der Waals surface area contributed by atoms with Crippen LogP contribution in [-0.4, -0.2) is 19.6 Å². The largest absolute Gasteiger partial charge is 0.495 e. The fourth-order valence-corrected chi connectivity index (χ4v) is 3.51. The first-order valence-corrected chi connectivity index (χ1v) is 9.31. The van der Waals surface area contributed by atoms with Crippen LogP contribution in [0.15, 0.2) is 66.0 Å². The van der Waals surface area contributed by atoms with E-state index < -0.39 is 0 Å². The maximum absolute atomic E-state index is 12.6. The average molecular weight is 366 g/mol. The molecule has 0 aliphatic rings. The second-order valence-electron chi connectivity index (χ2n) is 5.98. The Kier molecular flexibility index (Phi) is 5.92. The van der Waals surface area contributed by atoms with Gasteiger partial charge in [0, 0.05) is 4.88 Å². The highest BCUT2D eigenvalue weighted by Gasteiger charge is 2.18. The molecule has 0 saturated heterocycles. The zero-order valence-electron chi connectivity index (χ0n) is 14.9. The molecule has 26 heavy (non-hydrogen) atoms. The Labute approximate surface area is 157 Å². The van der Waals surface area contributed by atoms with Gasteiger partial charge in [-0.15, -0.1) is 11.3 Å². The Morgan fingerprint density at radius 3 is 2.54 bits per heavy atom. The van der Waals surface area contributed by atoms with Gasteiger partial charge < -0.3 is 15.4 Å². The molecule has 0 fully saturated rings. The summed E-state index contributed by atoms with van der Waals surface area (Å²) in [7, 11) is 1.62. The summed E-state index contributed by atoms with van der Waals surface area (Å²) < 4.78 is 5.31. The Balaban J connectivity index is 1.70. The van der Waals surface area contributed by atoms with Crippen molar-refractivity contribution >= 4 is 22.9 Å². The van der Waals surface area contributed by atoms with E-state index in [0.29, 0.717) is 5.75 Å². The van der Waals surface area contributed by atoms with Gasteiger partial charge >= 0.3 is 0 Å². The number of ether oxygens (including phenoxy) is 1. The molecular formula is C21H22N2O2S. The third kappa shape index (κ3) is 4.43. The first kappa shape index (κ1) is 18.0. The number of anilines is 1. The van der Waals surface area contributed by atoms with E-state index >= 15 is 0 Å². The third-order valence-corrected chi connectivity index (χ3v) is 5.03. The number of hydrogen-bond acceptors (Lipinski definition) is 4. The summed E-state index contributed by atoms with van der Waals surface area (Å²) in [5.41, 5.74) is 3.07. The van der Waals surface area contributed by atoms with E-state index in [1.54, 1.807) is 18.4 Å². The minimum atomic E-state index is -0.150. The number of amides is 1. The van der Waals surface area contributed by atoms with Gasteiger partial charge in [0.25, 0.3) is 0 Å². The zero-order valence-corrected chi connectivity index (χ0v) is 15.7. The highest BCUT2D eigenvalue weighted by Crippen LogP contribution is 2.26. The van der Waals surface area contributed by atoms with Crippen molar-refractivity contribution in [2.45, 2.75) is 13.0 Å². The van der Waals surface area contributed by atoms with Crippen LogP contribution in [0.4, 0.5) is 5.69 Å². The Hall–Kier alpha value is -2.79. The standard InChI is InChI=1S/C21H22N2O2S/c1-15-9-11-16(12-10-15)21(19-8-5-13-26-19)23-20(24)14-22-17-6-3-4-7-18(17)25-2/h3-13,21-22H,14H2,1-2H3,(H,23,24)/t21-/m0/s1. The molecule has 1 atom stereocenters. The van der Waals surface area contributed by atoms with Crippen molar-refractivity contribution in [3.8, 4) is 5.75 Å². The smallest absolute Gasteiger partial charge is 0.240 e. The number of nitrogens with one attached hydrogen (secondary N) is 2. The highest BCUT2D eigenvalue weighted by atomic mass is 32.1. The van der Waals surface area contributed by atoms with E-state index in [4.69, 9.17) is 4.74 Å². The van der Waals surface area contributed by atoms with Gasteiger partial charge in [-0.25, -0.2) is 0 Å². The molecule has 2 N–H and O–H groups in total. The second-order valence-corrected chi connectivity index (χ2v) is 6.96. The molecule has 0 aliphatic heterocycles. The molecule has 3 aromatic rings. The molecule has 0 aliphatic carbocycles. The predicted molar refractivity (Wildman–Crippen MR) is 107 cm³/mol. The van der Waals surface area contributed by atoms with Crippen LogP contribution in [-0.2, 0) is 4.79 Å². The summed E-state index contributed by atoms with van der Waals surface area (Å²) in [5.74, 6) is 0.642. The lowest BCUT2D eigenvalue weighted by Gasteiger charge is -2.19. The highest BCUT2D eigenvalue weighted by molar-refractivity contribution is 7.10. The number of thiophene rings is 1. The third-order valence-electron chi connectivity index (χ3n) is 4.09. The van der Waals surface area contributed by atoms with Gasteiger partial charge in [0.2, 0.25) is 5.91 Å². The van der Waals surface area contributed by atoms with E-state index in [-0.39, 0.29) is 18.5 Å². The average Bonchev–Trinajstić information content (AvgIpc) is 3.20. The molecule has 1 heterocycles. The Bertz CT molecular complexity index is 845. The van der Waals surface area contributed by atoms with E-state index in [0.717, 1.165) is 16.1 Å². The van der Waals surface area contributed by atoms with Crippen LogP contribution in [0.2, 0.25) is 0 Å². The van der Waals surface area contributed by atoms with Crippen molar-refractivity contribution in [3.63, 3.8) is 0 Å². The lowest BCUT2D eigenvalue weighted by atomic mass is 10.0. The van der Waals surface area contributed by atoms with Crippen LogP contribution in [0.3, 0.4) is 0 Å². The molecule has 0 spiro atoms. The predicted octanol–water partition coefficient (Wildman–Crippen LogP) is 4.38. The van der Waals surface area contributed by atoms with Gasteiger partial charge in [-0.2, -0.15) is 0 Å². The monoisotopic (exact) mass is 366 g/mol. The second kappa shape index (κ2) is 8.54. The van der Waals surface area contributed by atoms with E-state index in [9.17, 15) is 4.79 Å². The summed E-state index contributed by atoms with van der Waals surface area (Å²) in [6, 6.07) is 19.7. The molecule has 134 valence electrons. The van der Waals surface area contributed by atoms with Crippen LogP contribution < -0.4 is 15.4 Å². The maximum atomic E-state index is 12.6. The molecule has 3 rings (SSSR count). The van der Waals surface area contributed by atoms with Gasteiger partial charge in [0.05, 0.1) is 25.4 Å². The van der Waals surface area contributed by atoms with Crippen LogP contribution in [0.1, 0.15) is 22.0 Å². The lowest BCUT2D eigenvalue weighted by molar-refractivity contribution is -0.119. The summed E-state index contributed by atoms with van der Waals surface area (Å²) in [5, 5.41) is 8.30. The van der Waals surface area contributed by atoms with E-state index in [1.807, 2.05) is 41.8 Å². The van der Waals surface area contributed by atoms with Crippen LogP contribution in [0, 0.1) is 6.92 Å². The van der Waals surface area contributed by atoms with Gasteiger partial charge in [-0.1, -0.05) is 48.0 Å².